The molecule has 3 nitrogen and oxygen atoms in total. The van der Waals surface area contributed by atoms with E-state index in [0.717, 1.165) is 16.6 Å². The highest BCUT2D eigenvalue weighted by Crippen LogP contribution is 2.37. The first-order valence-electron chi connectivity index (χ1n) is 8.36. The number of ether oxygens (including phenoxy) is 2. The van der Waals surface area contributed by atoms with Crippen molar-refractivity contribution < 1.29 is 13.9 Å². The van der Waals surface area contributed by atoms with Crippen LogP contribution in [0.1, 0.15) is 38.8 Å². The minimum absolute atomic E-state index is 0. The second-order valence-electron chi connectivity index (χ2n) is 6.82. The van der Waals surface area contributed by atoms with Crippen LogP contribution in [0.4, 0.5) is 4.39 Å². The average molecular weight is 447 g/mol. The summed E-state index contributed by atoms with van der Waals surface area (Å²) in [7, 11) is 0. The molecule has 2 aromatic rings. The van der Waals surface area contributed by atoms with Gasteiger partial charge in [0.1, 0.15) is 12.4 Å². The van der Waals surface area contributed by atoms with Crippen LogP contribution in [0.2, 0.25) is 0 Å². The van der Waals surface area contributed by atoms with Crippen LogP contribution in [-0.2, 0) is 13.2 Å². The second kappa shape index (κ2) is 10.1. The fourth-order valence-corrected chi connectivity index (χ4v) is 2.86. The Kier molecular flexibility index (Phi) is 8.87. The zero-order valence-corrected chi connectivity index (χ0v) is 18.0. The van der Waals surface area contributed by atoms with E-state index < -0.39 is 0 Å². The average Bonchev–Trinajstić information content (AvgIpc) is 2.53. The molecule has 0 radical (unpaired) electrons. The Hall–Kier alpha value is -1.30. The fourth-order valence-electron chi connectivity index (χ4n) is 2.26. The third kappa shape index (κ3) is 6.78. The van der Waals surface area contributed by atoms with Crippen LogP contribution < -0.4 is 14.8 Å². The van der Waals surface area contributed by atoms with Crippen molar-refractivity contribution in [3.63, 3.8) is 0 Å². The summed E-state index contributed by atoms with van der Waals surface area (Å²) < 4.78 is 26.2. The van der Waals surface area contributed by atoms with Crippen molar-refractivity contribution in [3.8, 4) is 11.5 Å². The molecule has 0 amide bonds. The summed E-state index contributed by atoms with van der Waals surface area (Å²) in [5, 5.41) is 3.45. The first-order valence-corrected chi connectivity index (χ1v) is 9.16. The molecule has 26 heavy (non-hydrogen) atoms. The SMILES string of the molecule is CCOc1cc(CNC(C)(C)C)cc(Br)c1OCc1ccccc1F.Cl. The van der Waals surface area contributed by atoms with Gasteiger partial charge in [0.15, 0.2) is 11.5 Å². The van der Waals surface area contributed by atoms with Crippen LogP contribution in [0, 0.1) is 5.82 Å². The van der Waals surface area contributed by atoms with Crippen molar-refractivity contribution in [1.82, 2.24) is 5.32 Å². The quantitative estimate of drug-likeness (QED) is 0.576. The van der Waals surface area contributed by atoms with Gasteiger partial charge in [-0.2, -0.15) is 0 Å². The van der Waals surface area contributed by atoms with Gasteiger partial charge < -0.3 is 14.8 Å². The molecule has 0 saturated heterocycles. The van der Waals surface area contributed by atoms with Gasteiger partial charge in [-0.3, -0.25) is 0 Å². The Morgan fingerprint density at radius 2 is 1.81 bits per heavy atom. The number of benzene rings is 2. The largest absolute Gasteiger partial charge is 0.490 e. The van der Waals surface area contributed by atoms with Crippen LogP contribution in [0.5, 0.6) is 11.5 Å². The summed E-state index contributed by atoms with van der Waals surface area (Å²) in [4.78, 5) is 0. The molecule has 0 heterocycles. The van der Waals surface area contributed by atoms with Crippen LogP contribution in [-0.4, -0.2) is 12.1 Å². The van der Waals surface area contributed by atoms with E-state index in [4.69, 9.17) is 9.47 Å². The molecule has 0 aliphatic heterocycles. The minimum atomic E-state index is -0.275. The number of nitrogens with one attached hydrogen (secondary N) is 1. The minimum Gasteiger partial charge on any atom is -0.490 e. The van der Waals surface area contributed by atoms with Crippen molar-refractivity contribution in [1.29, 1.82) is 0 Å². The van der Waals surface area contributed by atoms with E-state index >= 15 is 0 Å². The molecule has 6 heteroatoms. The maximum atomic E-state index is 13.8. The zero-order chi connectivity index (χ0) is 18.4. The summed E-state index contributed by atoms with van der Waals surface area (Å²) in [6.07, 6.45) is 0. The number of rotatable bonds is 7. The molecule has 144 valence electrons. The van der Waals surface area contributed by atoms with Gasteiger partial charge in [-0.1, -0.05) is 18.2 Å². The molecule has 0 spiro atoms. The van der Waals surface area contributed by atoms with E-state index in [9.17, 15) is 4.39 Å². The normalized spacial score (nSPS) is 11.0. The van der Waals surface area contributed by atoms with Crippen LogP contribution >= 0.6 is 28.3 Å². The molecule has 2 aromatic carbocycles. The molecule has 0 atom stereocenters. The van der Waals surface area contributed by atoms with E-state index in [-0.39, 0.29) is 30.4 Å². The van der Waals surface area contributed by atoms with E-state index in [2.05, 4.69) is 42.0 Å². The maximum absolute atomic E-state index is 13.8. The summed E-state index contributed by atoms with van der Waals surface area (Å²) >= 11 is 3.55. The Bertz CT molecular complexity index is 719. The Morgan fingerprint density at radius 3 is 2.42 bits per heavy atom. The van der Waals surface area contributed by atoms with Crippen molar-refractivity contribution in [2.24, 2.45) is 0 Å². The molecule has 0 unspecified atom stereocenters. The van der Waals surface area contributed by atoms with Crippen LogP contribution in [0.25, 0.3) is 0 Å². The number of halogens is 3. The van der Waals surface area contributed by atoms with Crippen molar-refractivity contribution in [3.05, 3.63) is 57.8 Å². The van der Waals surface area contributed by atoms with E-state index in [1.54, 1.807) is 18.2 Å². The first-order chi connectivity index (χ1) is 11.8. The number of hydrogen-bond donors (Lipinski definition) is 1. The maximum Gasteiger partial charge on any atom is 0.175 e. The predicted octanol–water partition coefficient (Wildman–Crippen LogP) is 5.88. The molecular weight excluding hydrogens is 421 g/mol. The second-order valence-corrected chi connectivity index (χ2v) is 7.68. The highest BCUT2D eigenvalue weighted by molar-refractivity contribution is 9.10. The van der Waals surface area contributed by atoms with Gasteiger partial charge >= 0.3 is 0 Å². The molecule has 0 fully saturated rings. The zero-order valence-electron chi connectivity index (χ0n) is 15.6. The van der Waals surface area contributed by atoms with E-state index in [0.29, 0.717) is 23.7 Å². The summed E-state index contributed by atoms with van der Waals surface area (Å²) in [5.41, 5.74) is 1.62. The topological polar surface area (TPSA) is 30.5 Å². The third-order valence-electron chi connectivity index (χ3n) is 3.52. The Morgan fingerprint density at radius 1 is 1.12 bits per heavy atom. The van der Waals surface area contributed by atoms with Crippen molar-refractivity contribution in [2.45, 2.75) is 46.4 Å². The lowest BCUT2D eigenvalue weighted by Gasteiger charge is -2.21. The summed E-state index contributed by atoms with van der Waals surface area (Å²) in [6, 6.07) is 10.6. The fraction of sp³-hybridized carbons (Fsp3) is 0.400. The molecule has 0 bridgehead atoms. The lowest BCUT2D eigenvalue weighted by atomic mass is 10.1. The van der Waals surface area contributed by atoms with Gasteiger partial charge in [-0.05, 0) is 67.4 Å². The smallest absolute Gasteiger partial charge is 0.175 e. The molecule has 0 saturated carbocycles. The molecular formula is C20H26BrClFNO2. The lowest BCUT2D eigenvalue weighted by molar-refractivity contribution is 0.264. The molecule has 1 N–H and O–H groups in total. The standard InChI is InChI=1S/C20H25BrFNO2.ClH/c1-5-24-18-11-14(12-23-20(2,3)4)10-16(21)19(18)25-13-15-8-6-7-9-17(15)22;/h6-11,23H,5,12-13H2,1-4H3;1H. The van der Waals surface area contributed by atoms with Gasteiger partial charge in [0.2, 0.25) is 0 Å². The van der Waals surface area contributed by atoms with Gasteiger partial charge in [0, 0.05) is 17.6 Å². The molecule has 0 aliphatic rings. The number of hydrogen-bond acceptors (Lipinski definition) is 3. The van der Waals surface area contributed by atoms with Gasteiger partial charge in [-0.15, -0.1) is 12.4 Å². The molecule has 0 aromatic heterocycles. The van der Waals surface area contributed by atoms with Crippen LogP contribution in [0.15, 0.2) is 40.9 Å². The summed E-state index contributed by atoms with van der Waals surface area (Å²) in [5.74, 6) is 0.964. The monoisotopic (exact) mass is 445 g/mol. The van der Waals surface area contributed by atoms with E-state index in [1.807, 2.05) is 19.1 Å². The van der Waals surface area contributed by atoms with Crippen LogP contribution in [0.3, 0.4) is 0 Å². The Balaban J connectivity index is 0.00000338. The van der Waals surface area contributed by atoms with E-state index in [1.165, 1.54) is 6.07 Å². The lowest BCUT2D eigenvalue weighted by Crippen LogP contribution is -2.35. The highest BCUT2D eigenvalue weighted by Gasteiger charge is 2.15. The first kappa shape index (κ1) is 22.7. The van der Waals surface area contributed by atoms with Crippen molar-refractivity contribution >= 4 is 28.3 Å². The molecule has 0 aliphatic carbocycles. The molecule has 2 rings (SSSR count). The highest BCUT2D eigenvalue weighted by atomic mass is 79.9. The Labute approximate surface area is 169 Å². The van der Waals surface area contributed by atoms with Gasteiger partial charge in [-0.25, -0.2) is 4.39 Å². The van der Waals surface area contributed by atoms with Gasteiger partial charge in [0.25, 0.3) is 0 Å². The third-order valence-corrected chi connectivity index (χ3v) is 4.11. The predicted molar refractivity (Wildman–Crippen MR) is 110 cm³/mol. The van der Waals surface area contributed by atoms with Crippen molar-refractivity contribution in [2.75, 3.05) is 6.61 Å². The summed E-state index contributed by atoms with van der Waals surface area (Å²) in [6.45, 7) is 9.68. The van der Waals surface area contributed by atoms with Gasteiger partial charge in [0.05, 0.1) is 11.1 Å².